The number of piperidine rings is 1. The van der Waals surface area contributed by atoms with Crippen molar-refractivity contribution in [2.24, 2.45) is 11.7 Å². The molecule has 1 heterocycles. The van der Waals surface area contributed by atoms with Gasteiger partial charge in [0.2, 0.25) is 5.91 Å². The van der Waals surface area contributed by atoms with Crippen LogP contribution in [0.1, 0.15) is 26.2 Å². The summed E-state index contributed by atoms with van der Waals surface area (Å²) in [5.41, 5.74) is 5.65. The molecule has 1 saturated heterocycles. The molecule has 1 rings (SSSR count). The molecule has 1 fully saturated rings. The highest BCUT2D eigenvalue weighted by Crippen LogP contribution is 2.15. The second kappa shape index (κ2) is 3.72. The number of nitrogens with two attached hydrogens (primary N) is 1. The lowest BCUT2D eigenvalue weighted by Gasteiger charge is -2.23. The van der Waals surface area contributed by atoms with Gasteiger partial charge in [0.1, 0.15) is 0 Å². The van der Waals surface area contributed by atoms with Crippen molar-refractivity contribution in [1.82, 2.24) is 5.32 Å². The van der Waals surface area contributed by atoms with E-state index in [2.05, 4.69) is 5.32 Å². The van der Waals surface area contributed by atoms with Crippen LogP contribution in [0.15, 0.2) is 0 Å². The van der Waals surface area contributed by atoms with Gasteiger partial charge in [0.25, 0.3) is 0 Å². The normalized spacial score (nSPS) is 27.8. The molecule has 3 heteroatoms. The van der Waals surface area contributed by atoms with Gasteiger partial charge in [-0.2, -0.15) is 0 Å². The first-order valence-corrected chi connectivity index (χ1v) is 4.20. The lowest BCUT2D eigenvalue weighted by Crippen LogP contribution is -2.37. The Morgan fingerprint density at radius 3 is 3.00 bits per heavy atom. The van der Waals surface area contributed by atoms with E-state index in [0.717, 1.165) is 19.4 Å². The third kappa shape index (κ3) is 2.89. The van der Waals surface area contributed by atoms with Gasteiger partial charge in [-0.3, -0.25) is 4.79 Å². The lowest BCUT2D eigenvalue weighted by atomic mass is 9.93. The van der Waals surface area contributed by atoms with Crippen molar-refractivity contribution in [2.45, 2.75) is 32.2 Å². The lowest BCUT2D eigenvalue weighted by molar-refractivity contribution is -0.123. The monoisotopic (exact) mass is 156 g/mol. The zero-order valence-electron chi connectivity index (χ0n) is 6.97. The predicted octanol–water partition coefficient (Wildman–Crippen LogP) is 0.250. The van der Waals surface area contributed by atoms with Crippen LogP contribution in [0.2, 0.25) is 0 Å². The van der Waals surface area contributed by atoms with E-state index in [4.69, 9.17) is 5.73 Å². The molecule has 11 heavy (non-hydrogen) atoms. The maximum atomic E-state index is 10.8. The number of nitrogens with one attached hydrogen (secondary N) is 1. The Kier molecular flexibility index (Phi) is 2.88. The van der Waals surface area contributed by atoms with Crippen LogP contribution in [0.3, 0.4) is 0 Å². The highest BCUT2D eigenvalue weighted by atomic mass is 16.1. The molecule has 3 N–H and O–H groups in total. The Hall–Kier alpha value is -0.570. The fourth-order valence-electron chi connectivity index (χ4n) is 1.51. The minimum absolute atomic E-state index is 0.186. The SMILES string of the molecule is CC(N)CC1CCC(=O)NC1. The third-order valence-corrected chi connectivity index (χ3v) is 2.07. The van der Waals surface area contributed by atoms with Crippen LogP contribution >= 0.6 is 0 Å². The molecule has 1 amide bonds. The predicted molar refractivity (Wildman–Crippen MR) is 44.0 cm³/mol. The van der Waals surface area contributed by atoms with Gasteiger partial charge >= 0.3 is 0 Å². The number of hydrogen-bond donors (Lipinski definition) is 2. The second-order valence-electron chi connectivity index (χ2n) is 3.42. The zero-order chi connectivity index (χ0) is 8.27. The molecular formula is C8H16N2O. The standard InChI is InChI=1S/C8H16N2O/c1-6(9)4-7-2-3-8(11)10-5-7/h6-7H,2-5,9H2,1H3,(H,10,11). The summed E-state index contributed by atoms with van der Waals surface area (Å²) in [7, 11) is 0. The molecule has 0 bridgehead atoms. The van der Waals surface area contributed by atoms with E-state index in [-0.39, 0.29) is 11.9 Å². The molecule has 0 aliphatic carbocycles. The van der Waals surface area contributed by atoms with E-state index in [9.17, 15) is 4.79 Å². The van der Waals surface area contributed by atoms with Crippen molar-refractivity contribution >= 4 is 5.91 Å². The van der Waals surface area contributed by atoms with E-state index in [1.165, 1.54) is 0 Å². The van der Waals surface area contributed by atoms with Gasteiger partial charge in [0, 0.05) is 19.0 Å². The highest BCUT2D eigenvalue weighted by Gasteiger charge is 2.18. The van der Waals surface area contributed by atoms with Crippen LogP contribution in [0.5, 0.6) is 0 Å². The number of hydrogen-bond acceptors (Lipinski definition) is 2. The van der Waals surface area contributed by atoms with Crippen molar-refractivity contribution < 1.29 is 4.79 Å². The first-order valence-electron chi connectivity index (χ1n) is 4.20. The summed E-state index contributed by atoms with van der Waals surface area (Å²) < 4.78 is 0. The van der Waals surface area contributed by atoms with Crippen LogP contribution in [-0.2, 0) is 4.79 Å². The molecule has 0 saturated carbocycles. The molecule has 1 aliphatic heterocycles. The molecule has 2 atom stereocenters. The molecule has 1 aliphatic rings. The van der Waals surface area contributed by atoms with Crippen molar-refractivity contribution in [1.29, 1.82) is 0 Å². The first-order chi connectivity index (χ1) is 5.18. The molecule has 64 valence electrons. The minimum atomic E-state index is 0.186. The Bertz CT molecular complexity index is 135. The van der Waals surface area contributed by atoms with Crippen LogP contribution in [0.25, 0.3) is 0 Å². The Balaban J connectivity index is 2.22. The maximum absolute atomic E-state index is 10.8. The number of rotatable bonds is 2. The Labute approximate surface area is 67.3 Å². The topological polar surface area (TPSA) is 55.1 Å². The summed E-state index contributed by atoms with van der Waals surface area (Å²) in [6, 6.07) is 0.259. The van der Waals surface area contributed by atoms with Crippen molar-refractivity contribution in [3.05, 3.63) is 0 Å². The van der Waals surface area contributed by atoms with Gasteiger partial charge in [-0.05, 0) is 25.7 Å². The molecule has 0 aromatic heterocycles. The quantitative estimate of drug-likeness (QED) is 0.602. The molecular weight excluding hydrogens is 140 g/mol. The highest BCUT2D eigenvalue weighted by molar-refractivity contribution is 5.76. The van der Waals surface area contributed by atoms with Gasteiger partial charge in [-0.1, -0.05) is 0 Å². The summed E-state index contributed by atoms with van der Waals surface area (Å²) in [5, 5.41) is 2.84. The van der Waals surface area contributed by atoms with Gasteiger partial charge in [-0.15, -0.1) is 0 Å². The van der Waals surface area contributed by atoms with Crippen LogP contribution < -0.4 is 11.1 Å². The first kappa shape index (κ1) is 8.53. The average molecular weight is 156 g/mol. The zero-order valence-corrected chi connectivity index (χ0v) is 6.97. The summed E-state index contributed by atoms with van der Waals surface area (Å²) in [6.45, 7) is 2.83. The number of amides is 1. The second-order valence-corrected chi connectivity index (χ2v) is 3.42. The summed E-state index contributed by atoms with van der Waals surface area (Å²) in [5.74, 6) is 0.790. The molecule has 3 nitrogen and oxygen atoms in total. The van der Waals surface area contributed by atoms with Gasteiger partial charge in [-0.25, -0.2) is 0 Å². The third-order valence-electron chi connectivity index (χ3n) is 2.07. The summed E-state index contributed by atoms with van der Waals surface area (Å²) in [4.78, 5) is 10.8. The van der Waals surface area contributed by atoms with Crippen molar-refractivity contribution in [2.75, 3.05) is 6.54 Å². The molecule has 0 aromatic rings. The average Bonchev–Trinajstić information content (AvgIpc) is 1.93. The van der Waals surface area contributed by atoms with Crippen LogP contribution in [0.4, 0.5) is 0 Å². The summed E-state index contributed by atoms with van der Waals surface area (Å²) in [6.07, 6.45) is 2.71. The van der Waals surface area contributed by atoms with E-state index >= 15 is 0 Å². The smallest absolute Gasteiger partial charge is 0.220 e. The van der Waals surface area contributed by atoms with Crippen LogP contribution in [-0.4, -0.2) is 18.5 Å². The number of carbonyl (C=O) groups excluding carboxylic acids is 1. The molecule has 2 unspecified atom stereocenters. The largest absolute Gasteiger partial charge is 0.356 e. The van der Waals surface area contributed by atoms with Crippen LogP contribution in [0, 0.1) is 5.92 Å². The molecule has 0 aromatic carbocycles. The molecule has 0 spiro atoms. The van der Waals surface area contributed by atoms with Crippen molar-refractivity contribution in [3.63, 3.8) is 0 Å². The fraction of sp³-hybridized carbons (Fsp3) is 0.875. The number of carbonyl (C=O) groups is 1. The maximum Gasteiger partial charge on any atom is 0.220 e. The van der Waals surface area contributed by atoms with Gasteiger partial charge < -0.3 is 11.1 Å². The van der Waals surface area contributed by atoms with Gasteiger partial charge in [0.15, 0.2) is 0 Å². The molecule has 0 radical (unpaired) electrons. The minimum Gasteiger partial charge on any atom is -0.356 e. The Morgan fingerprint density at radius 2 is 2.55 bits per heavy atom. The summed E-state index contributed by atoms with van der Waals surface area (Å²) >= 11 is 0. The van der Waals surface area contributed by atoms with Crippen molar-refractivity contribution in [3.8, 4) is 0 Å². The van der Waals surface area contributed by atoms with E-state index in [1.807, 2.05) is 6.92 Å². The van der Waals surface area contributed by atoms with Gasteiger partial charge in [0.05, 0.1) is 0 Å². The van der Waals surface area contributed by atoms with E-state index < -0.39 is 0 Å². The van der Waals surface area contributed by atoms with E-state index in [1.54, 1.807) is 0 Å². The Morgan fingerprint density at radius 1 is 1.82 bits per heavy atom. The van der Waals surface area contributed by atoms with E-state index in [0.29, 0.717) is 12.3 Å². The fourth-order valence-corrected chi connectivity index (χ4v) is 1.51.